The van der Waals surface area contributed by atoms with Crippen molar-refractivity contribution in [1.29, 1.82) is 0 Å². The maximum Gasteiger partial charge on any atom is 0.416 e. The van der Waals surface area contributed by atoms with E-state index >= 15 is 0 Å². The molecule has 1 aromatic rings. The van der Waals surface area contributed by atoms with Crippen LogP contribution in [0.4, 0.5) is 24.8 Å². The summed E-state index contributed by atoms with van der Waals surface area (Å²) in [4.78, 5) is 4.14. The Kier molecular flexibility index (Phi) is 6.26. The number of aliphatic hydroxyl groups excluding tert-OH is 1. The van der Waals surface area contributed by atoms with Gasteiger partial charge in [0.25, 0.3) is 0 Å². The fourth-order valence-corrected chi connectivity index (χ4v) is 1.65. The van der Waals surface area contributed by atoms with Crippen LogP contribution < -0.4 is 10.6 Å². The number of anilines is 2. The van der Waals surface area contributed by atoms with Gasteiger partial charge < -0.3 is 15.7 Å². The van der Waals surface area contributed by atoms with Crippen LogP contribution in [0.25, 0.3) is 0 Å². The molecule has 2 unspecified atom stereocenters. The fourth-order valence-electron chi connectivity index (χ4n) is 1.65. The number of nitrogens with one attached hydrogen (secondary N) is 2. The zero-order valence-corrected chi connectivity index (χ0v) is 12.5. The van der Waals surface area contributed by atoms with Crippen LogP contribution in [0, 0.1) is 5.92 Å². The Bertz CT molecular complexity index is 452. The quantitative estimate of drug-likeness (QED) is 0.723. The maximum atomic E-state index is 12.9. The maximum absolute atomic E-state index is 12.9. The molecule has 1 aromatic heterocycles. The first-order valence-corrected chi connectivity index (χ1v) is 6.98. The third-order valence-electron chi connectivity index (χ3n) is 3.23. The molecule has 0 saturated heterocycles. The second kappa shape index (κ2) is 7.49. The molecule has 1 rings (SSSR count). The monoisotopic (exact) mass is 305 g/mol. The third kappa shape index (κ3) is 5.41. The molecule has 0 saturated carbocycles. The van der Waals surface area contributed by atoms with Crippen LogP contribution in [0.5, 0.6) is 0 Å². The number of pyridine rings is 1. The SMILES string of the molecule is CCCNc1cc(C(F)(F)F)cc(NC(C)C(C)CO)n1. The van der Waals surface area contributed by atoms with Crippen molar-refractivity contribution in [2.75, 3.05) is 23.8 Å². The number of hydrogen-bond donors (Lipinski definition) is 3. The van der Waals surface area contributed by atoms with Gasteiger partial charge in [-0.2, -0.15) is 13.2 Å². The van der Waals surface area contributed by atoms with E-state index in [9.17, 15) is 13.2 Å². The highest BCUT2D eigenvalue weighted by atomic mass is 19.4. The Balaban J connectivity index is 3.01. The van der Waals surface area contributed by atoms with Crippen LogP contribution in [0.3, 0.4) is 0 Å². The Hall–Kier alpha value is -1.50. The standard InChI is InChI=1S/C14H22F3N3O/c1-4-5-18-12-6-11(14(15,16)17)7-13(20-12)19-10(3)9(2)8-21/h6-7,9-10,21H,4-5,8H2,1-3H3,(H2,18,19,20). The van der Waals surface area contributed by atoms with Crippen LogP contribution in [-0.4, -0.2) is 29.3 Å². The van der Waals surface area contributed by atoms with E-state index in [1.807, 2.05) is 13.8 Å². The number of alkyl halides is 3. The predicted octanol–water partition coefficient (Wildman–Crippen LogP) is 3.35. The van der Waals surface area contributed by atoms with Gasteiger partial charge in [0.05, 0.1) is 5.56 Å². The first kappa shape index (κ1) is 17.6. The molecule has 120 valence electrons. The first-order valence-electron chi connectivity index (χ1n) is 6.98. The molecule has 0 amide bonds. The van der Waals surface area contributed by atoms with Crippen molar-refractivity contribution < 1.29 is 18.3 Å². The average Bonchev–Trinajstić information content (AvgIpc) is 2.42. The normalized spacial score (nSPS) is 14.6. The van der Waals surface area contributed by atoms with Gasteiger partial charge in [-0.05, 0) is 31.4 Å². The molecule has 21 heavy (non-hydrogen) atoms. The van der Waals surface area contributed by atoms with Gasteiger partial charge in [0, 0.05) is 19.2 Å². The summed E-state index contributed by atoms with van der Waals surface area (Å²) in [6, 6.07) is 1.80. The zero-order chi connectivity index (χ0) is 16.0. The van der Waals surface area contributed by atoms with Crippen molar-refractivity contribution in [3.63, 3.8) is 0 Å². The molecule has 1 heterocycles. The Morgan fingerprint density at radius 3 is 2.38 bits per heavy atom. The van der Waals surface area contributed by atoms with Crippen LogP contribution >= 0.6 is 0 Å². The molecular weight excluding hydrogens is 283 g/mol. The summed E-state index contributed by atoms with van der Waals surface area (Å²) in [6.45, 7) is 6.03. The minimum absolute atomic E-state index is 0.0475. The second-order valence-corrected chi connectivity index (χ2v) is 5.14. The smallest absolute Gasteiger partial charge is 0.396 e. The van der Waals surface area contributed by atoms with E-state index in [1.165, 1.54) is 0 Å². The molecular formula is C14H22F3N3O. The lowest BCUT2D eigenvalue weighted by Crippen LogP contribution is -2.27. The summed E-state index contributed by atoms with van der Waals surface area (Å²) >= 11 is 0. The molecule has 0 aliphatic heterocycles. The molecule has 0 aliphatic rings. The van der Waals surface area contributed by atoms with Crippen molar-refractivity contribution in [3.8, 4) is 0 Å². The highest BCUT2D eigenvalue weighted by molar-refractivity contribution is 5.50. The molecule has 0 bridgehead atoms. The summed E-state index contributed by atoms with van der Waals surface area (Å²) in [6.07, 6.45) is -3.63. The van der Waals surface area contributed by atoms with Crippen LogP contribution in [0.1, 0.15) is 32.8 Å². The molecule has 2 atom stereocenters. The van der Waals surface area contributed by atoms with E-state index in [4.69, 9.17) is 5.11 Å². The number of hydrogen-bond acceptors (Lipinski definition) is 4. The average molecular weight is 305 g/mol. The minimum Gasteiger partial charge on any atom is -0.396 e. The minimum atomic E-state index is -4.42. The molecule has 7 heteroatoms. The molecule has 0 fully saturated rings. The van der Waals surface area contributed by atoms with E-state index < -0.39 is 11.7 Å². The Morgan fingerprint density at radius 1 is 1.24 bits per heavy atom. The Labute approximate surface area is 122 Å². The topological polar surface area (TPSA) is 57.2 Å². The summed E-state index contributed by atoms with van der Waals surface area (Å²) in [7, 11) is 0. The number of aromatic nitrogens is 1. The molecule has 0 aromatic carbocycles. The van der Waals surface area contributed by atoms with Crippen molar-refractivity contribution >= 4 is 11.6 Å². The van der Waals surface area contributed by atoms with E-state index in [0.29, 0.717) is 6.54 Å². The summed E-state index contributed by atoms with van der Waals surface area (Å²) in [5.74, 6) is 0.252. The van der Waals surface area contributed by atoms with Crippen LogP contribution in [-0.2, 0) is 6.18 Å². The van der Waals surface area contributed by atoms with Crippen molar-refractivity contribution in [3.05, 3.63) is 17.7 Å². The van der Waals surface area contributed by atoms with E-state index in [1.54, 1.807) is 6.92 Å². The predicted molar refractivity (Wildman–Crippen MR) is 77.4 cm³/mol. The van der Waals surface area contributed by atoms with E-state index in [2.05, 4.69) is 15.6 Å². The summed E-state index contributed by atoms with van der Waals surface area (Å²) in [5, 5.41) is 14.9. The van der Waals surface area contributed by atoms with Crippen LogP contribution in [0.2, 0.25) is 0 Å². The number of nitrogens with zero attached hydrogens (tertiary/aromatic N) is 1. The lowest BCUT2D eigenvalue weighted by molar-refractivity contribution is -0.137. The van der Waals surface area contributed by atoms with Crippen LogP contribution in [0.15, 0.2) is 12.1 Å². The molecule has 0 aliphatic carbocycles. The van der Waals surface area contributed by atoms with E-state index in [0.717, 1.165) is 18.6 Å². The molecule has 0 radical (unpaired) electrons. The fraction of sp³-hybridized carbons (Fsp3) is 0.643. The summed E-state index contributed by atoms with van der Waals surface area (Å²) in [5.41, 5.74) is -0.748. The van der Waals surface area contributed by atoms with Gasteiger partial charge >= 0.3 is 6.18 Å². The Morgan fingerprint density at radius 2 is 1.86 bits per heavy atom. The number of halogens is 3. The zero-order valence-electron chi connectivity index (χ0n) is 12.5. The second-order valence-electron chi connectivity index (χ2n) is 5.14. The van der Waals surface area contributed by atoms with Crippen molar-refractivity contribution in [2.24, 2.45) is 5.92 Å². The van der Waals surface area contributed by atoms with Gasteiger partial charge in [-0.3, -0.25) is 0 Å². The third-order valence-corrected chi connectivity index (χ3v) is 3.23. The van der Waals surface area contributed by atoms with Gasteiger partial charge in [0.15, 0.2) is 0 Å². The van der Waals surface area contributed by atoms with Crippen molar-refractivity contribution in [2.45, 2.75) is 39.4 Å². The lowest BCUT2D eigenvalue weighted by atomic mass is 10.1. The molecule has 0 spiro atoms. The number of aliphatic hydroxyl groups is 1. The molecule has 3 N–H and O–H groups in total. The first-order chi connectivity index (χ1) is 9.77. The number of rotatable bonds is 7. The van der Waals surface area contributed by atoms with E-state index in [-0.39, 0.29) is 30.2 Å². The van der Waals surface area contributed by atoms with Gasteiger partial charge in [0.1, 0.15) is 11.6 Å². The van der Waals surface area contributed by atoms with Gasteiger partial charge in [0.2, 0.25) is 0 Å². The largest absolute Gasteiger partial charge is 0.416 e. The van der Waals surface area contributed by atoms with Gasteiger partial charge in [-0.1, -0.05) is 13.8 Å². The van der Waals surface area contributed by atoms with Gasteiger partial charge in [-0.25, -0.2) is 4.98 Å². The molecule has 4 nitrogen and oxygen atoms in total. The van der Waals surface area contributed by atoms with Gasteiger partial charge in [-0.15, -0.1) is 0 Å². The summed E-state index contributed by atoms with van der Waals surface area (Å²) < 4.78 is 38.7. The highest BCUT2D eigenvalue weighted by Crippen LogP contribution is 2.32. The van der Waals surface area contributed by atoms with Crippen molar-refractivity contribution in [1.82, 2.24) is 4.98 Å². The highest BCUT2D eigenvalue weighted by Gasteiger charge is 2.31. The lowest BCUT2D eigenvalue weighted by Gasteiger charge is -2.21.